The van der Waals surface area contributed by atoms with Gasteiger partial charge in [0.25, 0.3) is 5.91 Å². The van der Waals surface area contributed by atoms with Crippen molar-refractivity contribution in [2.75, 3.05) is 5.43 Å². The zero-order valence-corrected chi connectivity index (χ0v) is 11.3. The molecule has 1 amide bonds. The molecule has 19 heavy (non-hydrogen) atoms. The highest BCUT2D eigenvalue weighted by Gasteiger charge is 2.31. The summed E-state index contributed by atoms with van der Waals surface area (Å²) in [4.78, 5) is 14.4. The lowest BCUT2D eigenvalue weighted by molar-refractivity contribution is 0.0511. The van der Waals surface area contributed by atoms with Gasteiger partial charge in [0.2, 0.25) is 0 Å². The van der Waals surface area contributed by atoms with Crippen molar-refractivity contribution in [3.8, 4) is 0 Å². The summed E-state index contributed by atoms with van der Waals surface area (Å²) in [6.45, 7) is 4.06. The molecular weight excluding hydrogens is 245 g/mol. The summed E-state index contributed by atoms with van der Waals surface area (Å²) in [6.07, 6.45) is 3.09. The summed E-state index contributed by atoms with van der Waals surface area (Å²) in [5, 5.41) is 0. The fraction of sp³-hybridized carbons (Fsp3) is 0.500. The lowest BCUT2D eigenvalue weighted by Crippen LogP contribution is -2.47. The average Bonchev–Trinajstić information content (AvgIpc) is 2.38. The lowest BCUT2D eigenvalue weighted by atomic mass is 9.96. The smallest absolute Gasteiger partial charge is 0.256 e. The number of piperidine rings is 1. The lowest BCUT2D eigenvalue weighted by Gasteiger charge is -2.39. The van der Waals surface area contributed by atoms with Gasteiger partial charge in [-0.25, -0.2) is 4.39 Å². The van der Waals surface area contributed by atoms with E-state index in [1.807, 2.05) is 18.7 Å². The molecule has 2 unspecified atom stereocenters. The van der Waals surface area contributed by atoms with Crippen molar-refractivity contribution in [2.45, 2.75) is 45.2 Å². The van der Waals surface area contributed by atoms with Gasteiger partial charge in [-0.1, -0.05) is 6.07 Å². The first-order valence-corrected chi connectivity index (χ1v) is 6.64. The fourth-order valence-corrected chi connectivity index (χ4v) is 2.81. The first-order chi connectivity index (χ1) is 9.06. The van der Waals surface area contributed by atoms with Crippen LogP contribution in [0.25, 0.3) is 0 Å². The molecule has 5 heteroatoms. The van der Waals surface area contributed by atoms with Gasteiger partial charge in [-0.15, -0.1) is 0 Å². The third kappa shape index (κ3) is 2.56. The highest BCUT2D eigenvalue weighted by atomic mass is 19.1. The van der Waals surface area contributed by atoms with Crippen molar-refractivity contribution in [2.24, 2.45) is 5.84 Å². The van der Waals surface area contributed by atoms with E-state index >= 15 is 0 Å². The van der Waals surface area contributed by atoms with Gasteiger partial charge in [-0.05, 0) is 45.2 Å². The van der Waals surface area contributed by atoms with Gasteiger partial charge in [0.15, 0.2) is 0 Å². The van der Waals surface area contributed by atoms with Crippen LogP contribution in [0.15, 0.2) is 18.2 Å². The van der Waals surface area contributed by atoms with Crippen molar-refractivity contribution in [1.82, 2.24) is 4.90 Å². The number of halogens is 1. The van der Waals surface area contributed by atoms with Crippen LogP contribution in [0.2, 0.25) is 0 Å². The molecule has 1 fully saturated rings. The number of carbonyl (C=O) groups is 1. The predicted octanol–water partition coefficient (Wildman–Crippen LogP) is 2.51. The van der Waals surface area contributed by atoms with Crippen LogP contribution in [0.5, 0.6) is 0 Å². The highest BCUT2D eigenvalue weighted by molar-refractivity contribution is 6.00. The standard InChI is InChI=1S/C14H20FN3O/c1-9-5-3-6-10(2)18(9)14(19)11-7-4-8-12(15)13(11)17-16/h4,7-10,17H,3,5-6,16H2,1-2H3. The van der Waals surface area contributed by atoms with E-state index in [1.165, 1.54) is 12.1 Å². The number of nitrogens with zero attached hydrogens (tertiary/aromatic N) is 1. The molecule has 0 aromatic heterocycles. The minimum Gasteiger partial charge on any atom is -0.333 e. The number of nitrogens with one attached hydrogen (secondary N) is 1. The Morgan fingerprint density at radius 3 is 2.58 bits per heavy atom. The summed E-state index contributed by atoms with van der Waals surface area (Å²) in [7, 11) is 0. The number of nitrogen functional groups attached to an aromatic ring is 1. The molecular formula is C14H20FN3O. The van der Waals surface area contributed by atoms with Crippen LogP contribution in [0.4, 0.5) is 10.1 Å². The quantitative estimate of drug-likeness (QED) is 0.638. The summed E-state index contributed by atoms with van der Waals surface area (Å²) in [6, 6.07) is 4.77. The number of benzene rings is 1. The summed E-state index contributed by atoms with van der Waals surface area (Å²) < 4.78 is 13.7. The third-order valence-corrected chi connectivity index (χ3v) is 3.82. The van der Waals surface area contributed by atoms with Crippen LogP contribution < -0.4 is 11.3 Å². The van der Waals surface area contributed by atoms with E-state index < -0.39 is 5.82 Å². The van der Waals surface area contributed by atoms with E-state index in [4.69, 9.17) is 5.84 Å². The minimum atomic E-state index is -0.509. The molecule has 1 saturated heterocycles. The number of hydrazine groups is 1. The Hall–Kier alpha value is -1.62. The van der Waals surface area contributed by atoms with Crippen molar-refractivity contribution >= 4 is 11.6 Å². The Labute approximate surface area is 112 Å². The van der Waals surface area contributed by atoms with Gasteiger partial charge in [-0.3, -0.25) is 10.6 Å². The molecule has 4 nitrogen and oxygen atoms in total. The number of anilines is 1. The average molecular weight is 265 g/mol. The van der Waals surface area contributed by atoms with E-state index in [0.29, 0.717) is 5.56 Å². The molecule has 0 aliphatic carbocycles. The normalized spacial score (nSPS) is 23.3. The number of rotatable bonds is 2. The molecule has 0 bridgehead atoms. The van der Waals surface area contributed by atoms with Gasteiger partial charge >= 0.3 is 0 Å². The zero-order chi connectivity index (χ0) is 14.0. The van der Waals surface area contributed by atoms with Crippen molar-refractivity contribution in [3.05, 3.63) is 29.6 Å². The Bertz CT molecular complexity index is 468. The fourth-order valence-electron chi connectivity index (χ4n) is 2.81. The van der Waals surface area contributed by atoms with Crippen molar-refractivity contribution in [3.63, 3.8) is 0 Å². The number of nitrogens with two attached hydrogens (primary N) is 1. The summed E-state index contributed by atoms with van der Waals surface area (Å²) in [5.41, 5.74) is 2.65. The van der Waals surface area contributed by atoms with Gasteiger partial charge in [0, 0.05) is 12.1 Å². The van der Waals surface area contributed by atoms with Gasteiger partial charge in [0.05, 0.1) is 11.3 Å². The molecule has 2 atom stereocenters. The Morgan fingerprint density at radius 2 is 2.00 bits per heavy atom. The zero-order valence-electron chi connectivity index (χ0n) is 11.3. The number of hydrogen-bond acceptors (Lipinski definition) is 3. The number of likely N-dealkylation sites (tertiary alicyclic amines) is 1. The van der Waals surface area contributed by atoms with Crippen LogP contribution in [0.3, 0.4) is 0 Å². The largest absolute Gasteiger partial charge is 0.333 e. The molecule has 1 heterocycles. The monoisotopic (exact) mass is 265 g/mol. The summed E-state index contributed by atoms with van der Waals surface area (Å²) in [5.74, 6) is 4.66. The second-order valence-electron chi connectivity index (χ2n) is 5.15. The van der Waals surface area contributed by atoms with Crippen molar-refractivity contribution in [1.29, 1.82) is 0 Å². The molecule has 1 aromatic rings. The van der Waals surface area contributed by atoms with E-state index in [-0.39, 0.29) is 23.7 Å². The molecule has 1 aliphatic heterocycles. The van der Waals surface area contributed by atoms with Crippen LogP contribution >= 0.6 is 0 Å². The first kappa shape index (κ1) is 13.8. The third-order valence-electron chi connectivity index (χ3n) is 3.82. The second kappa shape index (κ2) is 5.57. The Balaban J connectivity index is 2.36. The van der Waals surface area contributed by atoms with E-state index in [2.05, 4.69) is 5.43 Å². The molecule has 104 valence electrons. The molecule has 2 rings (SSSR count). The maximum absolute atomic E-state index is 13.7. The van der Waals surface area contributed by atoms with Gasteiger partial charge in [0.1, 0.15) is 5.82 Å². The van der Waals surface area contributed by atoms with Crippen LogP contribution in [-0.2, 0) is 0 Å². The van der Waals surface area contributed by atoms with E-state index in [0.717, 1.165) is 19.3 Å². The summed E-state index contributed by atoms with van der Waals surface area (Å²) >= 11 is 0. The molecule has 3 N–H and O–H groups in total. The predicted molar refractivity (Wildman–Crippen MR) is 73.2 cm³/mol. The first-order valence-electron chi connectivity index (χ1n) is 6.64. The molecule has 0 radical (unpaired) electrons. The topological polar surface area (TPSA) is 58.4 Å². The SMILES string of the molecule is CC1CCCC(C)N1C(=O)c1cccc(F)c1NN. The maximum Gasteiger partial charge on any atom is 0.256 e. The number of carbonyl (C=O) groups excluding carboxylic acids is 1. The van der Waals surface area contributed by atoms with E-state index in [9.17, 15) is 9.18 Å². The minimum absolute atomic E-state index is 0.0671. The van der Waals surface area contributed by atoms with E-state index in [1.54, 1.807) is 6.07 Å². The van der Waals surface area contributed by atoms with Crippen molar-refractivity contribution < 1.29 is 9.18 Å². The molecule has 1 aliphatic rings. The second-order valence-corrected chi connectivity index (χ2v) is 5.15. The molecule has 0 saturated carbocycles. The number of hydrogen-bond donors (Lipinski definition) is 2. The Kier molecular flexibility index (Phi) is 4.04. The van der Waals surface area contributed by atoms with Gasteiger partial charge in [-0.2, -0.15) is 0 Å². The highest BCUT2D eigenvalue weighted by Crippen LogP contribution is 2.27. The van der Waals surface area contributed by atoms with Crippen LogP contribution in [0, 0.1) is 5.82 Å². The maximum atomic E-state index is 13.7. The van der Waals surface area contributed by atoms with Crippen LogP contribution in [0.1, 0.15) is 43.5 Å². The Morgan fingerprint density at radius 1 is 1.37 bits per heavy atom. The van der Waals surface area contributed by atoms with Crippen LogP contribution in [-0.4, -0.2) is 22.9 Å². The number of amides is 1. The number of para-hydroxylation sites is 1. The molecule has 0 spiro atoms. The molecule has 1 aromatic carbocycles. The van der Waals surface area contributed by atoms with Gasteiger partial charge < -0.3 is 10.3 Å².